The van der Waals surface area contributed by atoms with E-state index in [1.54, 1.807) is 11.3 Å². The highest BCUT2D eigenvalue weighted by molar-refractivity contribution is 7.18. The Hall–Kier alpha value is -1.42. The van der Waals surface area contributed by atoms with E-state index in [9.17, 15) is 4.79 Å². The second-order valence-corrected chi connectivity index (χ2v) is 6.27. The van der Waals surface area contributed by atoms with Gasteiger partial charge in [-0.15, -0.1) is 11.3 Å². The molecule has 0 radical (unpaired) electrons. The van der Waals surface area contributed by atoms with Gasteiger partial charge in [0.05, 0.1) is 15.2 Å². The van der Waals surface area contributed by atoms with Gasteiger partial charge in [-0.05, 0) is 25.0 Å². The maximum absolute atomic E-state index is 11.8. The molecule has 1 aromatic heterocycles. The van der Waals surface area contributed by atoms with Crippen LogP contribution in [-0.4, -0.2) is 17.4 Å². The number of aromatic nitrogens is 1. The Morgan fingerprint density at radius 2 is 2.20 bits per heavy atom. The topological polar surface area (TPSA) is 42.0 Å². The number of hydrogen-bond donors (Lipinski definition) is 1. The summed E-state index contributed by atoms with van der Waals surface area (Å²) in [7, 11) is 0. The third kappa shape index (κ3) is 4.04. The summed E-state index contributed by atoms with van der Waals surface area (Å²) < 4.78 is 1.24. The van der Waals surface area contributed by atoms with Crippen LogP contribution in [0.2, 0.25) is 0 Å². The Balaban J connectivity index is 1.74. The maximum Gasteiger partial charge on any atom is 0.222 e. The summed E-state index contributed by atoms with van der Waals surface area (Å²) >= 11 is 1.75. The summed E-state index contributed by atoms with van der Waals surface area (Å²) in [5.41, 5.74) is 1.08. The molecule has 0 spiro atoms. The number of rotatable bonds is 7. The van der Waals surface area contributed by atoms with E-state index in [-0.39, 0.29) is 11.8 Å². The van der Waals surface area contributed by atoms with Crippen molar-refractivity contribution in [1.29, 1.82) is 0 Å². The number of carbonyl (C=O) groups excluding carboxylic acids is 1. The van der Waals surface area contributed by atoms with Gasteiger partial charge in [0, 0.05) is 18.9 Å². The summed E-state index contributed by atoms with van der Waals surface area (Å²) in [4.78, 5) is 16.4. The maximum atomic E-state index is 11.8. The minimum absolute atomic E-state index is 0.127. The first kappa shape index (κ1) is 15.0. The first-order valence-corrected chi connectivity index (χ1v) is 8.14. The van der Waals surface area contributed by atoms with Crippen LogP contribution in [0, 0.1) is 5.92 Å². The number of thiazole rings is 1. The highest BCUT2D eigenvalue weighted by atomic mass is 32.1. The zero-order valence-corrected chi connectivity index (χ0v) is 13.0. The molecular weight excluding hydrogens is 268 g/mol. The van der Waals surface area contributed by atoms with E-state index in [2.05, 4.69) is 23.3 Å². The van der Waals surface area contributed by atoms with Gasteiger partial charge in [0.15, 0.2) is 0 Å². The number of hydrogen-bond acceptors (Lipinski definition) is 3. The van der Waals surface area contributed by atoms with Crippen LogP contribution >= 0.6 is 11.3 Å². The first-order chi connectivity index (χ1) is 9.70. The third-order valence-electron chi connectivity index (χ3n) is 3.37. The molecule has 1 atom stereocenters. The highest BCUT2D eigenvalue weighted by Gasteiger charge is 2.10. The fourth-order valence-corrected chi connectivity index (χ4v) is 3.23. The van der Waals surface area contributed by atoms with Crippen molar-refractivity contribution in [2.75, 3.05) is 6.54 Å². The molecule has 4 heteroatoms. The lowest BCUT2D eigenvalue weighted by Gasteiger charge is -2.10. The molecule has 108 valence electrons. The molecule has 1 aromatic carbocycles. The van der Waals surface area contributed by atoms with Crippen molar-refractivity contribution in [3.63, 3.8) is 0 Å². The zero-order chi connectivity index (χ0) is 14.4. The Bertz CT molecular complexity index is 531. The van der Waals surface area contributed by atoms with Gasteiger partial charge < -0.3 is 5.32 Å². The Morgan fingerprint density at radius 3 is 2.95 bits per heavy atom. The van der Waals surface area contributed by atoms with E-state index in [0.29, 0.717) is 0 Å². The monoisotopic (exact) mass is 290 g/mol. The van der Waals surface area contributed by atoms with Crippen molar-refractivity contribution in [2.24, 2.45) is 5.92 Å². The van der Waals surface area contributed by atoms with Gasteiger partial charge in [0.1, 0.15) is 0 Å². The molecule has 0 aliphatic carbocycles. The number of carbonyl (C=O) groups is 1. The molecule has 1 amide bonds. The van der Waals surface area contributed by atoms with Crippen LogP contribution in [0.1, 0.15) is 38.1 Å². The number of para-hydroxylation sites is 1. The molecule has 3 nitrogen and oxygen atoms in total. The molecule has 0 saturated carbocycles. The molecule has 1 unspecified atom stereocenters. The van der Waals surface area contributed by atoms with Crippen LogP contribution in [0.25, 0.3) is 10.2 Å². The zero-order valence-electron chi connectivity index (χ0n) is 12.2. The summed E-state index contributed by atoms with van der Waals surface area (Å²) in [5, 5.41) is 4.16. The quantitative estimate of drug-likeness (QED) is 0.788. The van der Waals surface area contributed by atoms with E-state index >= 15 is 0 Å². The molecule has 0 fully saturated rings. The van der Waals surface area contributed by atoms with Crippen molar-refractivity contribution in [2.45, 2.75) is 39.5 Å². The highest BCUT2D eigenvalue weighted by Crippen LogP contribution is 2.22. The molecule has 0 saturated heterocycles. The number of fused-ring (bicyclic) bond motifs is 1. The average Bonchev–Trinajstić information content (AvgIpc) is 2.86. The van der Waals surface area contributed by atoms with Gasteiger partial charge in [0.25, 0.3) is 0 Å². The van der Waals surface area contributed by atoms with Crippen molar-refractivity contribution in [1.82, 2.24) is 10.3 Å². The average molecular weight is 290 g/mol. The Labute approximate surface area is 124 Å². The Kier molecular flexibility index (Phi) is 5.53. The Morgan fingerprint density at radius 1 is 1.40 bits per heavy atom. The van der Waals surface area contributed by atoms with E-state index in [1.807, 2.05) is 25.1 Å². The number of nitrogens with one attached hydrogen (secondary N) is 1. The normalized spacial score (nSPS) is 12.5. The molecule has 0 aliphatic rings. The summed E-state index contributed by atoms with van der Waals surface area (Å²) in [6.07, 6.45) is 3.90. The number of nitrogens with zero attached hydrogens (tertiary/aromatic N) is 1. The predicted octanol–water partition coefficient (Wildman–Crippen LogP) is 3.78. The van der Waals surface area contributed by atoms with Crippen molar-refractivity contribution >= 4 is 27.5 Å². The van der Waals surface area contributed by atoms with Crippen LogP contribution < -0.4 is 5.32 Å². The van der Waals surface area contributed by atoms with Gasteiger partial charge in [-0.25, -0.2) is 4.98 Å². The largest absolute Gasteiger partial charge is 0.356 e. The molecule has 0 bridgehead atoms. The molecule has 20 heavy (non-hydrogen) atoms. The minimum Gasteiger partial charge on any atom is -0.356 e. The van der Waals surface area contributed by atoms with Crippen LogP contribution in [0.15, 0.2) is 24.3 Å². The fourth-order valence-electron chi connectivity index (χ4n) is 2.22. The molecule has 0 aliphatic heterocycles. The molecular formula is C16H22N2OS. The van der Waals surface area contributed by atoms with E-state index in [0.717, 1.165) is 42.8 Å². The van der Waals surface area contributed by atoms with Crippen molar-refractivity contribution in [3.05, 3.63) is 29.3 Å². The van der Waals surface area contributed by atoms with E-state index in [1.165, 1.54) is 4.70 Å². The van der Waals surface area contributed by atoms with Gasteiger partial charge in [-0.2, -0.15) is 0 Å². The molecule has 1 heterocycles. The van der Waals surface area contributed by atoms with E-state index in [4.69, 9.17) is 0 Å². The van der Waals surface area contributed by atoms with Crippen molar-refractivity contribution in [3.8, 4) is 0 Å². The van der Waals surface area contributed by atoms with Gasteiger partial charge in [-0.3, -0.25) is 4.79 Å². The van der Waals surface area contributed by atoms with Gasteiger partial charge in [0.2, 0.25) is 5.91 Å². The van der Waals surface area contributed by atoms with Crippen LogP contribution in [0.5, 0.6) is 0 Å². The number of benzene rings is 1. The molecule has 1 N–H and O–H groups in total. The molecule has 2 aromatic rings. The van der Waals surface area contributed by atoms with Gasteiger partial charge in [-0.1, -0.05) is 32.4 Å². The molecule has 2 rings (SSSR count). The number of amides is 1. The SMILES string of the molecule is CCCC(C)C(=O)NCCCc1nc2ccccc2s1. The van der Waals surface area contributed by atoms with Crippen LogP contribution in [0.4, 0.5) is 0 Å². The van der Waals surface area contributed by atoms with Crippen molar-refractivity contribution < 1.29 is 4.79 Å². The van der Waals surface area contributed by atoms with Gasteiger partial charge >= 0.3 is 0 Å². The third-order valence-corrected chi connectivity index (χ3v) is 4.47. The second kappa shape index (κ2) is 7.39. The number of aryl methyl sites for hydroxylation is 1. The van der Waals surface area contributed by atoms with Crippen LogP contribution in [-0.2, 0) is 11.2 Å². The minimum atomic E-state index is 0.127. The fraction of sp³-hybridized carbons (Fsp3) is 0.500. The standard InChI is InChI=1S/C16H22N2OS/c1-3-7-12(2)16(19)17-11-6-10-15-18-13-8-4-5-9-14(13)20-15/h4-5,8-9,12H,3,6-7,10-11H2,1-2H3,(H,17,19). The summed E-state index contributed by atoms with van der Waals surface area (Å²) in [5.74, 6) is 0.304. The lowest BCUT2D eigenvalue weighted by molar-refractivity contribution is -0.124. The summed E-state index contributed by atoms with van der Waals surface area (Å²) in [6.45, 7) is 4.84. The predicted molar refractivity (Wildman–Crippen MR) is 85.0 cm³/mol. The lowest BCUT2D eigenvalue weighted by Crippen LogP contribution is -2.30. The van der Waals surface area contributed by atoms with E-state index < -0.39 is 0 Å². The first-order valence-electron chi connectivity index (χ1n) is 7.33. The summed E-state index contributed by atoms with van der Waals surface area (Å²) in [6, 6.07) is 8.20. The lowest BCUT2D eigenvalue weighted by atomic mass is 10.1. The second-order valence-electron chi connectivity index (χ2n) is 5.16. The smallest absolute Gasteiger partial charge is 0.222 e. The van der Waals surface area contributed by atoms with Crippen LogP contribution in [0.3, 0.4) is 0 Å².